The lowest BCUT2D eigenvalue weighted by atomic mass is 10.1. The summed E-state index contributed by atoms with van der Waals surface area (Å²) in [5.41, 5.74) is 5.54. The SMILES string of the molecule is C/C(=N/NC(=O)CCC(=O)N(c1ccccc1)c1ccccc1)c1ccc(Cl)cc1. The van der Waals surface area contributed by atoms with Crippen molar-refractivity contribution in [3.05, 3.63) is 95.5 Å². The fourth-order valence-electron chi connectivity index (χ4n) is 2.88. The topological polar surface area (TPSA) is 61.8 Å². The molecule has 0 atom stereocenters. The van der Waals surface area contributed by atoms with E-state index in [1.807, 2.05) is 72.8 Å². The summed E-state index contributed by atoms with van der Waals surface area (Å²) in [6.07, 6.45) is 0.0948. The molecule has 5 nitrogen and oxygen atoms in total. The van der Waals surface area contributed by atoms with Gasteiger partial charge in [-0.15, -0.1) is 0 Å². The first-order valence-electron chi connectivity index (χ1n) is 9.57. The molecule has 0 saturated heterocycles. The van der Waals surface area contributed by atoms with Crippen molar-refractivity contribution in [2.75, 3.05) is 4.90 Å². The summed E-state index contributed by atoms with van der Waals surface area (Å²) in [6, 6.07) is 25.9. The van der Waals surface area contributed by atoms with Gasteiger partial charge in [0.2, 0.25) is 11.8 Å². The second kappa shape index (κ2) is 10.4. The first kappa shape index (κ1) is 21.3. The maximum Gasteiger partial charge on any atom is 0.240 e. The summed E-state index contributed by atoms with van der Waals surface area (Å²) < 4.78 is 0. The van der Waals surface area contributed by atoms with Gasteiger partial charge in [0.05, 0.1) is 5.71 Å². The zero-order valence-electron chi connectivity index (χ0n) is 16.6. The standard InChI is InChI=1S/C24H22ClN3O2/c1-18(19-12-14-20(25)15-13-19)26-27-23(29)16-17-24(30)28(21-8-4-2-5-9-21)22-10-6-3-7-11-22/h2-15H,16-17H2,1H3,(H,27,29)/b26-18-. The van der Waals surface area contributed by atoms with Crippen LogP contribution in [0.5, 0.6) is 0 Å². The molecule has 0 saturated carbocycles. The molecule has 0 spiro atoms. The summed E-state index contributed by atoms with van der Waals surface area (Å²) in [5.74, 6) is -0.487. The number of nitrogens with one attached hydrogen (secondary N) is 1. The Balaban J connectivity index is 1.63. The van der Waals surface area contributed by atoms with E-state index >= 15 is 0 Å². The molecule has 2 amide bonds. The molecule has 3 aromatic carbocycles. The minimum atomic E-state index is -0.322. The molecule has 0 aliphatic rings. The van der Waals surface area contributed by atoms with Crippen LogP contribution in [0.2, 0.25) is 5.02 Å². The van der Waals surface area contributed by atoms with E-state index in [0.717, 1.165) is 16.9 Å². The zero-order valence-corrected chi connectivity index (χ0v) is 17.3. The van der Waals surface area contributed by atoms with Gasteiger partial charge in [0.1, 0.15) is 0 Å². The van der Waals surface area contributed by atoms with Crippen LogP contribution in [-0.4, -0.2) is 17.5 Å². The lowest BCUT2D eigenvalue weighted by Crippen LogP contribution is -2.28. The highest BCUT2D eigenvalue weighted by atomic mass is 35.5. The Morgan fingerprint density at radius 3 is 1.90 bits per heavy atom. The van der Waals surface area contributed by atoms with Crippen molar-refractivity contribution in [3.63, 3.8) is 0 Å². The molecule has 152 valence electrons. The van der Waals surface area contributed by atoms with Crippen LogP contribution in [-0.2, 0) is 9.59 Å². The third kappa shape index (κ3) is 5.78. The molecule has 0 aliphatic heterocycles. The molecule has 1 N–H and O–H groups in total. The Kier molecular flexibility index (Phi) is 7.35. The molecule has 0 heterocycles. The number of para-hydroxylation sites is 2. The van der Waals surface area contributed by atoms with E-state index in [4.69, 9.17) is 11.6 Å². The highest BCUT2D eigenvalue weighted by molar-refractivity contribution is 6.30. The lowest BCUT2D eigenvalue weighted by Gasteiger charge is -2.23. The number of hydrogen-bond acceptors (Lipinski definition) is 3. The molecule has 0 aromatic heterocycles. The highest BCUT2D eigenvalue weighted by Crippen LogP contribution is 2.26. The van der Waals surface area contributed by atoms with E-state index in [-0.39, 0.29) is 24.7 Å². The van der Waals surface area contributed by atoms with Gasteiger partial charge in [-0.05, 0) is 48.9 Å². The molecule has 0 radical (unpaired) electrons. The summed E-state index contributed by atoms with van der Waals surface area (Å²) >= 11 is 5.88. The third-order valence-electron chi connectivity index (χ3n) is 4.45. The number of anilines is 2. The van der Waals surface area contributed by atoms with Gasteiger partial charge in [-0.1, -0.05) is 60.1 Å². The molecular formula is C24H22ClN3O2. The van der Waals surface area contributed by atoms with Crippen LogP contribution < -0.4 is 10.3 Å². The van der Waals surface area contributed by atoms with Crippen molar-refractivity contribution < 1.29 is 9.59 Å². The summed E-state index contributed by atoms with van der Waals surface area (Å²) in [6.45, 7) is 1.79. The van der Waals surface area contributed by atoms with E-state index in [2.05, 4.69) is 10.5 Å². The van der Waals surface area contributed by atoms with Crippen molar-refractivity contribution in [1.82, 2.24) is 5.43 Å². The first-order chi connectivity index (χ1) is 14.5. The predicted octanol–water partition coefficient (Wildman–Crippen LogP) is 5.33. The minimum absolute atomic E-state index is 0.0341. The number of halogens is 1. The van der Waals surface area contributed by atoms with Crippen molar-refractivity contribution in [1.29, 1.82) is 0 Å². The summed E-state index contributed by atoms with van der Waals surface area (Å²) in [5, 5.41) is 4.75. The average Bonchev–Trinajstić information content (AvgIpc) is 2.78. The molecule has 0 unspecified atom stereocenters. The van der Waals surface area contributed by atoms with Gasteiger partial charge < -0.3 is 0 Å². The Bertz CT molecular complexity index is 980. The van der Waals surface area contributed by atoms with Crippen molar-refractivity contribution >= 4 is 40.5 Å². The smallest absolute Gasteiger partial charge is 0.240 e. The molecule has 30 heavy (non-hydrogen) atoms. The van der Waals surface area contributed by atoms with Crippen molar-refractivity contribution in [2.45, 2.75) is 19.8 Å². The maximum atomic E-state index is 12.9. The number of amides is 2. The maximum absolute atomic E-state index is 12.9. The molecule has 0 aliphatic carbocycles. The van der Waals surface area contributed by atoms with Crippen LogP contribution >= 0.6 is 11.6 Å². The fourth-order valence-corrected chi connectivity index (χ4v) is 3.01. The van der Waals surface area contributed by atoms with Gasteiger partial charge in [0, 0.05) is 29.2 Å². The van der Waals surface area contributed by atoms with E-state index in [1.54, 1.807) is 24.0 Å². The monoisotopic (exact) mass is 419 g/mol. The number of rotatable bonds is 7. The van der Waals surface area contributed by atoms with Crippen LogP contribution in [0.25, 0.3) is 0 Å². The third-order valence-corrected chi connectivity index (χ3v) is 4.71. The minimum Gasteiger partial charge on any atom is -0.281 e. The van der Waals surface area contributed by atoms with Crippen LogP contribution in [0, 0.1) is 0 Å². The van der Waals surface area contributed by atoms with E-state index < -0.39 is 0 Å². The number of benzene rings is 3. The number of hydrazone groups is 1. The van der Waals surface area contributed by atoms with E-state index in [0.29, 0.717) is 10.7 Å². The van der Waals surface area contributed by atoms with Gasteiger partial charge in [-0.2, -0.15) is 5.10 Å². The number of carbonyl (C=O) groups excluding carboxylic acids is 2. The van der Waals surface area contributed by atoms with Crippen molar-refractivity contribution in [3.8, 4) is 0 Å². The molecule has 0 bridgehead atoms. The van der Waals surface area contributed by atoms with Gasteiger partial charge in [0.25, 0.3) is 0 Å². The quantitative estimate of drug-likeness (QED) is 0.416. The first-order valence-corrected chi connectivity index (χ1v) is 9.94. The van der Waals surface area contributed by atoms with Crippen molar-refractivity contribution in [2.24, 2.45) is 5.10 Å². The summed E-state index contributed by atoms with van der Waals surface area (Å²) in [7, 11) is 0. The largest absolute Gasteiger partial charge is 0.281 e. The Morgan fingerprint density at radius 2 is 1.37 bits per heavy atom. The van der Waals surface area contributed by atoms with Gasteiger partial charge in [-0.3, -0.25) is 14.5 Å². The second-order valence-corrected chi connectivity index (χ2v) is 7.08. The zero-order chi connectivity index (χ0) is 21.3. The number of carbonyl (C=O) groups is 2. The molecule has 3 aromatic rings. The Labute approximate surface area is 181 Å². The van der Waals surface area contributed by atoms with Crippen LogP contribution in [0.4, 0.5) is 11.4 Å². The van der Waals surface area contributed by atoms with Gasteiger partial charge in [0.15, 0.2) is 0 Å². The second-order valence-electron chi connectivity index (χ2n) is 6.64. The van der Waals surface area contributed by atoms with Crippen LogP contribution in [0.15, 0.2) is 90.0 Å². The van der Waals surface area contributed by atoms with Gasteiger partial charge >= 0.3 is 0 Å². The Morgan fingerprint density at radius 1 is 0.833 bits per heavy atom. The molecule has 6 heteroatoms. The number of hydrogen-bond donors (Lipinski definition) is 1. The van der Waals surface area contributed by atoms with E-state index in [1.165, 1.54) is 0 Å². The molecule has 3 rings (SSSR count). The predicted molar refractivity (Wildman–Crippen MR) is 121 cm³/mol. The Hall–Kier alpha value is -3.44. The summed E-state index contributed by atoms with van der Waals surface area (Å²) in [4.78, 5) is 26.8. The normalized spacial score (nSPS) is 11.1. The highest BCUT2D eigenvalue weighted by Gasteiger charge is 2.18. The van der Waals surface area contributed by atoms with Crippen LogP contribution in [0.3, 0.4) is 0 Å². The van der Waals surface area contributed by atoms with Gasteiger partial charge in [-0.25, -0.2) is 5.43 Å². The van der Waals surface area contributed by atoms with E-state index in [9.17, 15) is 9.59 Å². The van der Waals surface area contributed by atoms with Crippen LogP contribution in [0.1, 0.15) is 25.3 Å². The number of nitrogens with zero attached hydrogens (tertiary/aromatic N) is 2. The average molecular weight is 420 g/mol. The lowest BCUT2D eigenvalue weighted by molar-refractivity contribution is -0.124. The molecule has 0 fully saturated rings. The fraction of sp³-hybridized carbons (Fsp3) is 0.125. The molecular weight excluding hydrogens is 398 g/mol.